The molecule has 11 heteroatoms. The van der Waals surface area contributed by atoms with Crippen molar-refractivity contribution in [1.82, 2.24) is 30.5 Å². The van der Waals surface area contributed by atoms with E-state index in [4.69, 9.17) is 4.74 Å². The molecule has 0 saturated carbocycles. The summed E-state index contributed by atoms with van der Waals surface area (Å²) in [5.41, 5.74) is 2.77. The molecule has 35 heavy (non-hydrogen) atoms. The number of nitrogens with one attached hydrogen (secondary N) is 2. The molecular formula is C24H26N6O4S. The molecule has 1 unspecified atom stereocenters. The number of hydrogen-bond acceptors (Lipinski definition) is 7. The van der Waals surface area contributed by atoms with Gasteiger partial charge in [0.15, 0.2) is 11.0 Å². The fraction of sp³-hybridized carbons (Fsp3) is 0.292. The van der Waals surface area contributed by atoms with E-state index >= 15 is 0 Å². The molecule has 0 spiro atoms. The van der Waals surface area contributed by atoms with Gasteiger partial charge in [0.2, 0.25) is 5.91 Å². The molecule has 0 aliphatic carbocycles. The van der Waals surface area contributed by atoms with Crippen molar-refractivity contribution in [3.05, 3.63) is 66.2 Å². The van der Waals surface area contributed by atoms with Crippen LogP contribution in [0.15, 0.2) is 65.8 Å². The third-order valence-electron chi connectivity index (χ3n) is 5.73. The minimum atomic E-state index is -1.22. The molecule has 2 aromatic carbocycles. The van der Waals surface area contributed by atoms with E-state index in [1.807, 2.05) is 47.9 Å². The standard InChI is InChI=1S/C24H26N6O4S/c1-3-24(18-12-8-5-9-13-18)21(32)30(22(33)25-24)28-19(31)16-35-23-27-26-20(29(23)14-15-34-2)17-10-6-4-7-11-17/h4-13H,3,14-16H2,1-2H3,(H,25,33)(H,28,31). The van der Waals surface area contributed by atoms with Gasteiger partial charge in [0.1, 0.15) is 5.54 Å². The highest BCUT2D eigenvalue weighted by molar-refractivity contribution is 7.99. The number of carbonyl (C=O) groups is 3. The van der Waals surface area contributed by atoms with Crippen LogP contribution in [-0.2, 0) is 26.4 Å². The van der Waals surface area contributed by atoms with E-state index in [0.29, 0.717) is 36.1 Å². The van der Waals surface area contributed by atoms with Gasteiger partial charge in [-0.05, 0) is 12.0 Å². The second-order valence-corrected chi connectivity index (χ2v) is 8.78. The molecule has 2 heterocycles. The van der Waals surface area contributed by atoms with Crippen LogP contribution in [0.1, 0.15) is 18.9 Å². The van der Waals surface area contributed by atoms with Crippen molar-refractivity contribution in [2.24, 2.45) is 0 Å². The Morgan fingerprint density at radius 3 is 2.43 bits per heavy atom. The summed E-state index contributed by atoms with van der Waals surface area (Å²) in [5.74, 6) is -0.443. The quantitative estimate of drug-likeness (QED) is 0.328. The zero-order valence-electron chi connectivity index (χ0n) is 19.4. The lowest BCUT2D eigenvalue weighted by Gasteiger charge is -2.25. The predicted octanol–water partition coefficient (Wildman–Crippen LogP) is 2.57. The number of ether oxygens (including phenoxy) is 1. The largest absolute Gasteiger partial charge is 0.383 e. The average molecular weight is 495 g/mol. The van der Waals surface area contributed by atoms with E-state index < -0.39 is 23.4 Å². The fourth-order valence-electron chi connectivity index (χ4n) is 3.91. The van der Waals surface area contributed by atoms with Crippen molar-refractivity contribution < 1.29 is 19.1 Å². The van der Waals surface area contributed by atoms with E-state index in [1.165, 1.54) is 0 Å². The fourth-order valence-corrected chi connectivity index (χ4v) is 4.66. The van der Waals surface area contributed by atoms with Crippen LogP contribution in [0.25, 0.3) is 11.4 Å². The zero-order chi connectivity index (χ0) is 24.8. The summed E-state index contributed by atoms with van der Waals surface area (Å²) in [6.45, 7) is 2.75. The van der Waals surface area contributed by atoms with Gasteiger partial charge in [-0.15, -0.1) is 10.2 Å². The second-order valence-electron chi connectivity index (χ2n) is 7.84. The van der Waals surface area contributed by atoms with Crippen molar-refractivity contribution >= 4 is 29.6 Å². The van der Waals surface area contributed by atoms with Crippen LogP contribution in [0.4, 0.5) is 4.79 Å². The van der Waals surface area contributed by atoms with Gasteiger partial charge in [-0.2, -0.15) is 5.01 Å². The Kier molecular flexibility index (Phi) is 7.47. The maximum Gasteiger partial charge on any atom is 0.344 e. The molecule has 3 aromatic rings. The summed E-state index contributed by atoms with van der Waals surface area (Å²) in [5, 5.41) is 12.5. The summed E-state index contributed by atoms with van der Waals surface area (Å²) in [6, 6.07) is 17.9. The molecule has 2 N–H and O–H groups in total. The molecule has 10 nitrogen and oxygen atoms in total. The molecular weight excluding hydrogens is 468 g/mol. The smallest absolute Gasteiger partial charge is 0.344 e. The van der Waals surface area contributed by atoms with E-state index in [-0.39, 0.29) is 5.75 Å². The molecule has 1 fully saturated rings. The normalized spacial score (nSPS) is 17.5. The maximum atomic E-state index is 13.2. The summed E-state index contributed by atoms with van der Waals surface area (Å²) >= 11 is 1.16. The zero-order valence-corrected chi connectivity index (χ0v) is 20.2. The SMILES string of the molecule is CCC1(c2ccccc2)NC(=O)N(NC(=O)CSc2nnc(-c3ccccc3)n2CCOC)C1=O. The van der Waals surface area contributed by atoms with Crippen LogP contribution >= 0.6 is 11.8 Å². The first-order chi connectivity index (χ1) is 17.0. The summed E-state index contributed by atoms with van der Waals surface area (Å²) < 4.78 is 7.09. The van der Waals surface area contributed by atoms with Gasteiger partial charge in [-0.3, -0.25) is 19.6 Å². The summed E-state index contributed by atoms with van der Waals surface area (Å²) in [7, 11) is 1.61. The van der Waals surface area contributed by atoms with Crippen LogP contribution < -0.4 is 10.7 Å². The number of urea groups is 1. The Labute approximate surface area is 207 Å². The highest BCUT2D eigenvalue weighted by Crippen LogP contribution is 2.31. The van der Waals surface area contributed by atoms with Crippen LogP contribution in [0.2, 0.25) is 0 Å². The minimum Gasteiger partial charge on any atom is -0.383 e. The first-order valence-electron chi connectivity index (χ1n) is 11.1. The number of methoxy groups -OCH3 is 1. The van der Waals surface area contributed by atoms with Crippen molar-refractivity contribution in [1.29, 1.82) is 0 Å². The van der Waals surface area contributed by atoms with Gasteiger partial charge in [0, 0.05) is 12.7 Å². The number of rotatable bonds is 10. The molecule has 1 aromatic heterocycles. The Balaban J connectivity index is 1.45. The van der Waals surface area contributed by atoms with E-state index in [2.05, 4.69) is 20.9 Å². The molecule has 1 atom stereocenters. The number of aromatic nitrogens is 3. The highest BCUT2D eigenvalue weighted by atomic mass is 32.2. The van der Waals surface area contributed by atoms with Gasteiger partial charge in [-0.1, -0.05) is 79.3 Å². The van der Waals surface area contributed by atoms with Gasteiger partial charge in [0.05, 0.1) is 18.9 Å². The van der Waals surface area contributed by atoms with E-state index in [0.717, 1.165) is 22.3 Å². The predicted molar refractivity (Wildman–Crippen MR) is 130 cm³/mol. The molecule has 1 saturated heterocycles. The number of hydrazine groups is 1. The minimum absolute atomic E-state index is 0.0680. The second kappa shape index (κ2) is 10.7. The lowest BCUT2D eigenvalue weighted by atomic mass is 9.87. The van der Waals surface area contributed by atoms with Crippen molar-refractivity contribution in [2.45, 2.75) is 30.6 Å². The van der Waals surface area contributed by atoms with Crippen LogP contribution in [0.5, 0.6) is 0 Å². The van der Waals surface area contributed by atoms with Crippen LogP contribution in [0.3, 0.4) is 0 Å². The lowest BCUT2D eigenvalue weighted by molar-refractivity contribution is -0.138. The third-order valence-corrected chi connectivity index (χ3v) is 6.69. The van der Waals surface area contributed by atoms with E-state index in [1.54, 1.807) is 31.4 Å². The van der Waals surface area contributed by atoms with Crippen LogP contribution in [-0.4, -0.2) is 57.1 Å². The Morgan fingerprint density at radius 1 is 1.09 bits per heavy atom. The van der Waals surface area contributed by atoms with Crippen molar-refractivity contribution in [2.75, 3.05) is 19.5 Å². The molecule has 0 bridgehead atoms. The monoisotopic (exact) mass is 494 g/mol. The summed E-state index contributed by atoms with van der Waals surface area (Å²) in [4.78, 5) is 38.5. The van der Waals surface area contributed by atoms with Gasteiger partial charge >= 0.3 is 6.03 Å². The van der Waals surface area contributed by atoms with Gasteiger partial charge in [0.25, 0.3) is 5.91 Å². The molecule has 182 valence electrons. The number of thioether (sulfide) groups is 1. The number of nitrogens with zero attached hydrogens (tertiary/aromatic N) is 4. The first kappa shape index (κ1) is 24.4. The van der Waals surface area contributed by atoms with Crippen molar-refractivity contribution in [3.63, 3.8) is 0 Å². The van der Waals surface area contributed by atoms with Gasteiger partial charge < -0.3 is 10.1 Å². The Bertz CT molecular complexity index is 1200. The molecule has 4 amide bonds. The van der Waals surface area contributed by atoms with Gasteiger partial charge in [-0.25, -0.2) is 4.79 Å². The topological polar surface area (TPSA) is 118 Å². The first-order valence-corrected chi connectivity index (χ1v) is 12.1. The summed E-state index contributed by atoms with van der Waals surface area (Å²) in [6.07, 6.45) is 0.341. The maximum absolute atomic E-state index is 13.2. The Hall–Kier alpha value is -3.70. The van der Waals surface area contributed by atoms with Crippen LogP contribution in [0, 0.1) is 0 Å². The Morgan fingerprint density at radius 2 is 1.77 bits per heavy atom. The van der Waals surface area contributed by atoms with E-state index in [9.17, 15) is 14.4 Å². The average Bonchev–Trinajstić information content (AvgIpc) is 3.41. The van der Waals surface area contributed by atoms with Crippen molar-refractivity contribution in [3.8, 4) is 11.4 Å². The number of imide groups is 1. The highest BCUT2D eigenvalue weighted by Gasteiger charge is 2.52. The lowest BCUT2D eigenvalue weighted by Crippen LogP contribution is -2.49. The molecule has 0 radical (unpaired) electrons. The molecule has 1 aliphatic rings. The number of carbonyl (C=O) groups excluding carboxylic acids is 3. The number of amides is 4. The third kappa shape index (κ3) is 4.91. The number of hydrogen-bond donors (Lipinski definition) is 2. The molecule has 4 rings (SSSR count). The number of benzene rings is 2. The molecule has 1 aliphatic heterocycles.